The number of carbonyl (C=O) groups is 1. The van der Waals surface area contributed by atoms with Crippen LogP contribution in [-0.2, 0) is 4.79 Å². The fraction of sp³-hybridized carbons (Fsp3) is 0.900. The van der Waals surface area contributed by atoms with E-state index in [2.05, 4.69) is 9.80 Å². The van der Waals surface area contributed by atoms with Gasteiger partial charge in [-0.1, -0.05) is 0 Å². The van der Waals surface area contributed by atoms with Gasteiger partial charge in [-0.15, -0.1) is 0 Å². The molecule has 2 saturated heterocycles. The summed E-state index contributed by atoms with van der Waals surface area (Å²) in [5.41, 5.74) is -0.578. The number of aliphatic carboxylic acids is 1. The maximum absolute atomic E-state index is 11.4. The van der Waals surface area contributed by atoms with Crippen LogP contribution in [0.25, 0.3) is 0 Å². The lowest BCUT2D eigenvalue weighted by Crippen LogP contribution is -2.66. The molecule has 0 amide bonds. The topological polar surface area (TPSA) is 43.8 Å². The van der Waals surface area contributed by atoms with Crippen LogP contribution in [0.2, 0.25) is 0 Å². The van der Waals surface area contributed by atoms with Crippen molar-refractivity contribution in [1.29, 1.82) is 0 Å². The third kappa shape index (κ3) is 1.42. The summed E-state index contributed by atoms with van der Waals surface area (Å²) in [7, 11) is 2.01. The first-order valence-corrected chi connectivity index (χ1v) is 5.32. The lowest BCUT2D eigenvalue weighted by molar-refractivity contribution is -0.159. The van der Waals surface area contributed by atoms with Gasteiger partial charge in [-0.3, -0.25) is 9.69 Å². The second-order valence-electron chi connectivity index (χ2n) is 4.52. The molecule has 4 nitrogen and oxygen atoms in total. The molecule has 1 N–H and O–H groups in total. The Morgan fingerprint density at radius 1 is 1.29 bits per heavy atom. The van der Waals surface area contributed by atoms with E-state index >= 15 is 0 Å². The lowest BCUT2D eigenvalue weighted by Gasteiger charge is -2.49. The van der Waals surface area contributed by atoms with Crippen molar-refractivity contribution in [3.8, 4) is 0 Å². The van der Waals surface area contributed by atoms with Gasteiger partial charge < -0.3 is 10.0 Å². The van der Waals surface area contributed by atoms with Crippen LogP contribution < -0.4 is 0 Å². The van der Waals surface area contributed by atoms with Crippen LogP contribution in [0.15, 0.2) is 0 Å². The van der Waals surface area contributed by atoms with Crippen molar-refractivity contribution in [3.05, 3.63) is 0 Å². The van der Waals surface area contributed by atoms with Gasteiger partial charge in [0, 0.05) is 19.6 Å². The van der Waals surface area contributed by atoms with Crippen molar-refractivity contribution in [3.63, 3.8) is 0 Å². The quantitative estimate of drug-likeness (QED) is 0.690. The van der Waals surface area contributed by atoms with Crippen LogP contribution in [0.4, 0.5) is 0 Å². The fourth-order valence-corrected chi connectivity index (χ4v) is 2.56. The predicted molar refractivity (Wildman–Crippen MR) is 53.3 cm³/mol. The predicted octanol–water partition coefficient (Wildman–Crippen LogP) is 0.241. The number of piperidine rings is 1. The van der Waals surface area contributed by atoms with E-state index in [9.17, 15) is 9.90 Å². The number of carboxylic acids is 1. The molecule has 2 aliphatic rings. The summed E-state index contributed by atoms with van der Waals surface area (Å²) in [5, 5.41) is 9.37. The minimum Gasteiger partial charge on any atom is -0.480 e. The molecule has 0 bridgehead atoms. The highest BCUT2D eigenvalue weighted by Crippen LogP contribution is 2.31. The Kier molecular flexibility index (Phi) is 2.49. The summed E-state index contributed by atoms with van der Waals surface area (Å²) >= 11 is 0. The zero-order chi connectivity index (χ0) is 10.2. The number of likely N-dealkylation sites (N-methyl/N-ethyl adjacent to an activating group) is 1. The van der Waals surface area contributed by atoms with E-state index in [1.165, 1.54) is 0 Å². The smallest absolute Gasteiger partial charge is 0.325 e. The molecule has 2 aliphatic heterocycles. The highest BCUT2D eigenvalue weighted by Gasteiger charge is 2.48. The number of nitrogens with zero attached hydrogens (tertiary/aromatic N) is 2. The van der Waals surface area contributed by atoms with Crippen LogP contribution in [0.3, 0.4) is 0 Å². The third-order valence-corrected chi connectivity index (χ3v) is 3.52. The molecular formula is C10H18N2O2. The number of likely N-dealkylation sites (tertiary alicyclic amines) is 2. The van der Waals surface area contributed by atoms with Gasteiger partial charge in [0.1, 0.15) is 5.54 Å². The highest BCUT2D eigenvalue weighted by atomic mass is 16.4. The Hall–Kier alpha value is -0.610. The van der Waals surface area contributed by atoms with E-state index in [0.717, 1.165) is 38.9 Å². The Morgan fingerprint density at radius 3 is 2.43 bits per heavy atom. The molecule has 2 rings (SSSR count). The van der Waals surface area contributed by atoms with Gasteiger partial charge >= 0.3 is 5.97 Å². The molecule has 0 aromatic heterocycles. The third-order valence-electron chi connectivity index (χ3n) is 3.52. The summed E-state index contributed by atoms with van der Waals surface area (Å²) in [6.07, 6.45) is 2.96. The van der Waals surface area contributed by atoms with E-state index in [4.69, 9.17) is 0 Å². The molecular weight excluding hydrogens is 180 g/mol. The second kappa shape index (κ2) is 3.51. The summed E-state index contributed by atoms with van der Waals surface area (Å²) in [6, 6.07) is 0. The molecule has 2 fully saturated rings. The normalized spacial score (nSPS) is 35.2. The van der Waals surface area contributed by atoms with Crippen molar-refractivity contribution in [2.75, 3.05) is 33.2 Å². The van der Waals surface area contributed by atoms with Crippen LogP contribution in [-0.4, -0.2) is 59.6 Å². The second-order valence-corrected chi connectivity index (χ2v) is 4.52. The van der Waals surface area contributed by atoms with Crippen LogP contribution >= 0.6 is 0 Å². The van der Waals surface area contributed by atoms with E-state index in [0.29, 0.717) is 6.54 Å². The molecule has 80 valence electrons. The standard InChI is InChI=1S/C10H18N2O2/c1-11-5-2-4-10(8-11,9(13)14)12-6-3-7-12/h2-8H2,1H3,(H,13,14). The minimum absolute atomic E-state index is 0.578. The highest BCUT2D eigenvalue weighted by molar-refractivity contribution is 5.79. The molecule has 4 heteroatoms. The SMILES string of the molecule is CN1CCCC(C(=O)O)(N2CCC2)C1. The Bertz CT molecular complexity index is 240. The van der Waals surface area contributed by atoms with Gasteiger partial charge in [-0.2, -0.15) is 0 Å². The molecule has 0 aromatic rings. The van der Waals surface area contributed by atoms with Crippen molar-refractivity contribution >= 4 is 5.97 Å². The first-order chi connectivity index (χ1) is 6.65. The van der Waals surface area contributed by atoms with E-state index in [1.807, 2.05) is 7.05 Å². The Morgan fingerprint density at radius 2 is 2.00 bits per heavy atom. The molecule has 1 unspecified atom stereocenters. The van der Waals surface area contributed by atoms with Crippen molar-refractivity contribution in [2.45, 2.75) is 24.8 Å². The van der Waals surface area contributed by atoms with E-state index in [-0.39, 0.29) is 0 Å². The molecule has 0 spiro atoms. The number of carboxylic acid groups (broad SMARTS) is 1. The van der Waals surface area contributed by atoms with Gasteiger partial charge in [-0.05, 0) is 32.9 Å². The van der Waals surface area contributed by atoms with Gasteiger partial charge in [-0.25, -0.2) is 0 Å². The van der Waals surface area contributed by atoms with Gasteiger partial charge in [0.15, 0.2) is 0 Å². The minimum atomic E-state index is -0.635. The number of hydrogen-bond acceptors (Lipinski definition) is 3. The Labute approximate surface area is 84.5 Å². The van der Waals surface area contributed by atoms with Crippen molar-refractivity contribution in [1.82, 2.24) is 9.80 Å². The molecule has 14 heavy (non-hydrogen) atoms. The summed E-state index contributed by atoms with van der Waals surface area (Å²) in [6.45, 7) is 3.63. The summed E-state index contributed by atoms with van der Waals surface area (Å²) in [5.74, 6) is -0.635. The van der Waals surface area contributed by atoms with Crippen LogP contribution in [0.1, 0.15) is 19.3 Å². The van der Waals surface area contributed by atoms with Crippen molar-refractivity contribution < 1.29 is 9.90 Å². The molecule has 2 heterocycles. The van der Waals surface area contributed by atoms with Crippen molar-refractivity contribution in [2.24, 2.45) is 0 Å². The number of hydrogen-bond donors (Lipinski definition) is 1. The van der Waals surface area contributed by atoms with Gasteiger partial charge in [0.05, 0.1) is 0 Å². The van der Waals surface area contributed by atoms with E-state index < -0.39 is 11.5 Å². The number of rotatable bonds is 2. The Balaban J connectivity index is 2.15. The maximum Gasteiger partial charge on any atom is 0.325 e. The molecule has 0 aromatic carbocycles. The average molecular weight is 198 g/mol. The van der Waals surface area contributed by atoms with Crippen LogP contribution in [0.5, 0.6) is 0 Å². The first-order valence-electron chi connectivity index (χ1n) is 5.32. The fourth-order valence-electron chi connectivity index (χ4n) is 2.56. The summed E-state index contributed by atoms with van der Waals surface area (Å²) in [4.78, 5) is 15.7. The van der Waals surface area contributed by atoms with Gasteiger partial charge in [0.2, 0.25) is 0 Å². The lowest BCUT2D eigenvalue weighted by atomic mass is 9.85. The monoisotopic (exact) mass is 198 g/mol. The maximum atomic E-state index is 11.4. The molecule has 1 atom stereocenters. The average Bonchev–Trinajstić information content (AvgIpc) is 2.00. The first kappa shape index (κ1) is 9.93. The molecule has 0 aliphatic carbocycles. The molecule has 0 radical (unpaired) electrons. The van der Waals surface area contributed by atoms with Gasteiger partial charge in [0.25, 0.3) is 0 Å². The largest absolute Gasteiger partial charge is 0.480 e. The zero-order valence-electron chi connectivity index (χ0n) is 8.70. The van der Waals surface area contributed by atoms with E-state index in [1.54, 1.807) is 0 Å². The van der Waals surface area contributed by atoms with Crippen LogP contribution in [0, 0.1) is 0 Å². The molecule has 0 saturated carbocycles. The zero-order valence-corrected chi connectivity index (χ0v) is 8.70. The summed E-state index contributed by atoms with van der Waals surface area (Å²) < 4.78 is 0.